The zero-order valence-electron chi connectivity index (χ0n) is 12.3. The predicted molar refractivity (Wildman–Crippen MR) is 81.2 cm³/mol. The Kier molecular flexibility index (Phi) is 5.33. The van der Waals surface area contributed by atoms with Crippen LogP contribution in [0.25, 0.3) is 0 Å². The molecule has 0 radical (unpaired) electrons. The van der Waals surface area contributed by atoms with Crippen LogP contribution in [-0.2, 0) is 16.0 Å². The van der Waals surface area contributed by atoms with E-state index in [2.05, 4.69) is 12.2 Å². The number of carboxylic acid groups (broad SMARTS) is 1. The summed E-state index contributed by atoms with van der Waals surface area (Å²) < 4.78 is 0. The second-order valence-corrected chi connectivity index (χ2v) is 5.61. The highest BCUT2D eigenvalue weighted by molar-refractivity contribution is 5.92. The standard InChI is InChI=1S/C16H22N2O3/c1-2-12-4-3-5-14(8-12)17-15(19)10-18(11-16(20)21)9-13-6-7-13/h3-5,8,13H,2,6-7,9-11H2,1H3,(H,17,19)(H,20,21). The molecule has 114 valence electrons. The average Bonchev–Trinajstić information content (AvgIpc) is 3.21. The van der Waals surface area contributed by atoms with Gasteiger partial charge in [0, 0.05) is 12.2 Å². The number of nitrogens with one attached hydrogen (secondary N) is 1. The average molecular weight is 290 g/mol. The summed E-state index contributed by atoms with van der Waals surface area (Å²) in [5.41, 5.74) is 1.93. The molecule has 5 nitrogen and oxygen atoms in total. The van der Waals surface area contributed by atoms with Crippen LogP contribution in [0.1, 0.15) is 25.3 Å². The van der Waals surface area contributed by atoms with Gasteiger partial charge >= 0.3 is 5.97 Å². The Morgan fingerprint density at radius 1 is 1.33 bits per heavy atom. The first-order valence-corrected chi connectivity index (χ1v) is 7.39. The molecule has 1 amide bonds. The van der Waals surface area contributed by atoms with Crippen molar-refractivity contribution in [3.05, 3.63) is 29.8 Å². The van der Waals surface area contributed by atoms with E-state index in [0.717, 1.165) is 30.5 Å². The monoisotopic (exact) mass is 290 g/mol. The number of amides is 1. The van der Waals surface area contributed by atoms with Crippen molar-refractivity contribution < 1.29 is 14.7 Å². The quantitative estimate of drug-likeness (QED) is 0.768. The minimum absolute atomic E-state index is 0.0844. The van der Waals surface area contributed by atoms with Crippen LogP contribution in [0, 0.1) is 5.92 Å². The van der Waals surface area contributed by atoms with Gasteiger partial charge in [0.05, 0.1) is 13.1 Å². The molecule has 2 rings (SSSR count). The summed E-state index contributed by atoms with van der Waals surface area (Å²) in [6, 6.07) is 7.72. The van der Waals surface area contributed by atoms with E-state index in [1.807, 2.05) is 24.3 Å². The molecule has 0 spiro atoms. The number of hydrogen-bond acceptors (Lipinski definition) is 3. The fourth-order valence-electron chi connectivity index (χ4n) is 2.31. The van der Waals surface area contributed by atoms with E-state index in [-0.39, 0.29) is 19.0 Å². The maximum atomic E-state index is 12.1. The first kappa shape index (κ1) is 15.5. The highest BCUT2D eigenvalue weighted by Gasteiger charge is 2.26. The van der Waals surface area contributed by atoms with Crippen LogP contribution in [-0.4, -0.2) is 41.5 Å². The highest BCUT2D eigenvalue weighted by Crippen LogP contribution is 2.29. The summed E-state index contributed by atoms with van der Waals surface area (Å²) in [4.78, 5) is 24.6. The Labute approximate surface area is 125 Å². The lowest BCUT2D eigenvalue weighted by molar-refractivity contribution is -0.138. The van der Waals surface area contributed by atoms with Crippen molar-refractivity contribution in [2.45, 2.75) is 26.2 Å². The zero-order valence-corrected chi connectivity index (χ0v) is 12.3. The van der Waals surface area contributed by atoms with Gasteiger partial charge in [-0.3, -0.25) is 14.5 Å². The second-order valence-electron chi connectivity index (χ2n) is 5.61. The third-order valence-corrected chi connectivity index (χ3v) is 3.56. The van der Waals surface area contributed by atoms with Gasteiger partial charge in [0.15, 0.2) is 0 Å². The SMILES string of the molecule is CCc1cccc(NC(=O)CN(CC(=O)O)CC2CC2)c1. The van der Waals surface area contributed by atoms with Crippen LogP contribution < -0.4 is 5.32 Å². The Balaban J connectivity index is 1.89. The van der Waals surface area contributed by atoms with Crippen LogP contribution in [0.15, 0.2) is 24.3 Å². The molecule has 1 aliphatic rings. The normalized spacial score (nSPS) is 14.2. The number of benzene rings is 1. The summed E-state index contributed by atoms with van der Waals surface area (Å²) in [5, 5.41) is 11.8. The van der Waals surface area contributed by atoms with Crippen LogP contribution in [0.5, 0.6) is 0 Å². The molecule has 0 unspecified atom stereocenters. The molecule has 5 heteroatoms. The van der Waals surface area contributed by atoms with Crippen molar-refractivity contribution in [3.63, 3.8) is 0 Å². The Bertz CT molecular complexity index is 512. The summed E-state index contributed by atoms with van der Waals surface area (Å²) in [6.07, 6.45) is 3.18. The van der Waals surface area contributed by atoms with Gasteiger partial charge in [-0.2, -0.15) is 0 Å². The van der Waals surface area contributed by atoms with Crippen molar-refractivity contribution in [3.8, 4) is 0 Å². The van der Waals surface area contributed by atoms with Crippen LogP contribution >= 0.6 is 0 Å². The van der Waals surface area contributed by atoms with Crippen molar-refractivity contribution >= 4 is 17.6 Å². The number of carboxylic acids is 1. The number of rotatable bonds is 8. The third kappa shape index (κ3) is 5.55. The molecule has 2 N–H and O–H groups in total. The predicted octanol–water partition coefficient (Wildman–Crippen LogP) is 1.98. The molecule has 0 heterocycles. The number of carbonyl (C=O) groups excluding carboxylic acids is 1. The molecule has 0 bridgehead atoms. The second kappa shape index (κ2) is 7.22. The van der Waals surface area contributed by atoms with Gasteiger partial charge < -0.3 is 10.4 Å². The fraction of sp³-hybridized carbons (Fsp3) is 0.500. The van der Waals surface area contributed by atoms with E-state index in [9.17, 15) is 9.59 Å². The number of anilines is 1. The Morgan fingerprint density at radius 3 is 2.71 bits per heavy atom. The molecule has 1 aromatic carbocycles. The first-order chi connectivity index (χ1) is 10.1. The summed E-state index contributed by atoms with van der Waals surface area (Å²) >= 11 is 0. The minimum atomic E-state index is -0.892. The molecular formula is C16H22N2O3. The van der Waals surface area contributed by atoms with E-state index in [1.54, 1.807) is 4.90 Å². The largest absolute Gasteiger partial charge is 0.480 e. The van der Waals surface area contributed by atoms with Crippen molar-refractivity contribution in [1.82, 2.24) is 4.90 Å². The lowest BCUT2D eigenvalue weighted by Crippen LogP contribution is -2.38. The zero-order chi connectivity index (χ0) is 15.2. The minimum Gasteiger partial charge on any atom is -0.480 e. The fourth-order valence-corrected chi connectivity index (χ4v) is 2.31. The van der Waals surface area contributed by atoms with Gasteiger partial charge in [-0.15, -0.1) is 0 Å². The summed E-state index contributed by atoms with van der Waals surface area (Å²) in [7, 11) is 0. The summed E-state index contributed by atoms with van der Waals surface area (Å²) in [6.45, 7) is 2.79. The van der Waals surface area contributed by atoms with Crippen molar-refractivity contribution in [1.29, 1.82) is 0 Å². The number of aliphatic carboxylic acids is 1. The molecule has 0 aliphatic heterocycles. The highest BCUT2D eigenvalue weighted by atomic mass is 16.4. The van der Waals surface area contributed by atoms with E-state index in [1.165, 1.54) is 0 Å². The van der Waals surface area contributed by atoms with Gasteiger partial charge in [-0.25, -0.2) is 0 Å². The van der Waals surface area contributed by atoms with Gasteiger partial charge in [-0.1, -0.05) is 19.1 Å². The maximum Gasteiger partial charge on any atom is 0.317 e. The smallest absolute Gasteiger partial charge is 0.317 e. The molecule has 0 atom stereocenters. The molecule has 0 aromatic heterocycles. The lowest BCUT2D eigenvalue weighted by atomic mass is 10.1. The van der Waals surface area contributed by atoms with Gasteiger partial charge in [0.2, 0.25) is 5.91 Å². The topological polar surface area (TPSA) is 69.6 Å². The van der Waals surface area contributed by atoms with Crippen molar-refractivity contribution in [2.75, 3.05) is 25.0 Å². The van der Waals surface area contributed by atoms with Crippen molar-refractivity contribution in [2.24, 2.45) is 5.92 Å². The lowest BCUT2D eigenvalue weighted by Gasteiger charge is -2.19. The number of hydrogen-bond donors (Lipinski definition) is 2. The van der Waals surface area contributed by atoms with Gasteiger partial charge in [-0.05, 0) is 42.9 Å². The molecule has 1 fully saturated rings. The molecule has 21 heavy (non-hydrogen) atoms. The van der Waals surface area contributed by atoms with Gasteiger partial charge in [0.25, 0.3) is 0 Å². The molecule has 1 aromatic rings. The Hall–Kier alpha value is -1.88. The summed E-state index contributed by atoms with van der Waals surface area (Å²) in [5.74, 6) is -0.498. The number of nitrogens with zero attached hydrogens (tertiary/aromatic N) is 1. The van der Waals surface area contributed by atoms with Gasteiger partial charge in [0.1, 0.15) is 0 Å². The van der Waals surface area contributed by atoms with E-state index < -0.39 is 5.97 Å². The Morgan fingerprint density at radius 2 is 2.10 bits per heavy atom. The first-order valence-electron chi connectivity index (χ1n) is 7.39. The van der Waals surface area contributed by atoms with E-state index >= 15 is 0 Å². The molecule has 1 aliphatic carbocycles. The van der Waals surface area contributed by atoms with Crippen LogP contribution in [0.2, 0.25) is 0 Å². The molecular weight excluding hydrogens is 268 g/mol. The van der Waals surface area contributed by atoms with Crippen LogP contribution in [0.4, 0.5) is 5.69 Å². The van der Waals surface area contributed by atoms with E-state index in [0.29, 0.717) is 12.5 Å². The van der Waals surface area contributed by atoms with Crippen LogP contribution in [0.3, 0.4) is 0 Å². The third-order valence-electron chi connectivity index (χ3n) is 3.56. The maximum absolute atomic E-state index is 12.1. The number of aryl methyl sites for hydroxylation is 1. The number of carbonyl (C=O) groups is 2. The molecule has 1 saturated carbocycles. The molecule has 0 saturated heterocycles. The van der Waals surface area contributed by atoms with E-state index in [4.69, 9.17) is 5.11 Å².